The van der Waals surface area contributed by atoms with E-state index >= 15 is 0 Å². The average Bonchev–Trinajstić information content (AvgIpc) is 2.33. The van der Waals surface area contributed by atoms with Crippen molar-refractivity contribution >= 4 is 0 Å². The summed E-state index contributed by atoms with van der Waals surface area (Å²) in [6, 6.07) is 9.57. The van der Waals surface area contributed by atoms with Gasteiger partial charge in [-0.3, -0.25) is 0 Å². The van der Waals surface area contributed by atoms with Crippen LogP contribution in [0.2, 0.25) is 0 Å². The lowest BCUT2D eigenvalue weighted by Crippen LogP contribution is -2.49. The van der Waals surface area contributed by atoms with Gasteiger partial charge in [0.05, 0.1) is 11.6 Å². The molecule has 2 aliphatic rings. The number of nitrogens with one attached hydrogen (secondary N) is 1. The summed E-state index contributed by atoms with van der Waals surface area (Å²) in [5.41, 5.74) is 2.91. The monoisotopic (exact) mass is 259 g/mol. The van der Waals surface area contributed by atoms with Crippen molar-refractivity contribution in [3.63, 3.8) is 0 Å². The summed E-state index contributed by atoms with van der Waals surface area (Å²) < 4.78 is 5.83. The Morgan fingerprint density at radius 3 is 2.21 bits per heavy atom. The molecule has 2 heteroatoms. The molecule has 2 aliphatic carbocycles. The molecule has 1 atom stereocenters. The van der Waals surface area contributed by atoms with Gasteiger partial charge in [-0.05, 0) is 56.2 Å². The van der Waals surface area contributed by atoms with Crippen LogP contribution in [0.1, 0.15) is 61.6 Å². The van der Waals surface area contributed by atoms with E-state index in [4.69, 9.17) is 4.74 Å². The molecule has 104 valence electrons. The smallest absolute Gasteiger partial charge is 0.0872 e. The van der Waals surface area contributed by atoms with E-state index in [2.05, 4.69) is 29.6 Å². The number of benzene rings is 1. The second-order valence-electron chi connectivity index (χ2n) is 6.14. The summed E-state index contributed by atoms with van der Waals surface area (Å²) in [5, 5.41) is 3.46. The standard InChI is InChI=1S/C17H25NO/c1-18-16(17(19-2)11-4-12-17)15-9-7-14(8-10-15)13-5-3-6-13/h7-10,13,16,18H,3-6,11-12H2,1-2H3. The lowest BCUT2D eigenvalue weighted by molar-refractivity contribution is -0.0983. The topological polar surface area (TPSA) is 21.3 Å². The van der Waals surface area contributed by atoms with E-state index in [1.807, 2.05) is 14.2 Å². The summed E-state index contributed by atoms with van der Waals surface area (Å²) in [6.07, 6.45) is 7.76. The average molecular weight is 259 g/mol. The van der Waals surface area contributed by atoms with Crippen LogP contribution in [0.15, 0.2) is 24.3 Å². The lowest BCUT2D eigenvalue weighted by atomic mass is 9.72. The van der Waals surface area contributed by atoms with Crippen LogP contribution in [0.5, 0.6) is 0 Å². The summed E-state index contributed by atoms with van der Waals surface area (Å²) in [6.45, 7) is 0. The third-order valence-electron chi connectivity index (χ3n) is 5.27. The first-order chi connectivity index (χ1) is 9.29. The number of rotatable bonds is 5. The molecule has 0 aliphatic heterocycles. The molecule has 0 saturated heterocycles. The van der Waals surface area contributed by atoms with Gasteiger partial charge >= 0.3 is 0 Å². The van der Waals surface area contributed by atoms with E-state index in [1.165, 1.54) is 49.7 Å². The minimum absolute atomic E-state index is 0.0206. The Morgan fingerprint density at radius 1 is 1.16 bits per heavy atom. The first-order valence-corrected chi connectivity index (χ1v) is 7.61. The molecule has 3 rings (SSSR count). The Balaban J connectivity index is 1.79. The molecule has 0 aromatic heterocycles. The second-order valence-corrected chi connectivity index (χ2v) is 6.14. The van der Waals surface area contributed by atoms with Crippen LogP contribution in [-0.2, 0) is 4.74 Å². The highest BCUT2D eigenvalue weighted by Crippen LogP contribution is 2.45. The minimum Gasteiger partial charge on any atom is -0.376 e. The van der Waals surface area contributed by atoms with Gasteiger partial charge in [-0.1, -0.05) is 30.7 Å². The normalized spacial score (nSPS) is 23.5. The maximum atomic E-state index is 5.83. The summed E-state index contributed by atoms with van der Waals surface area (Å²) in [7, 11) is 3.90. The first-order valence-electron chi connectivity index (χ1n) is 7.61. The summed E-state index contributed by atoms with van der Waals surface area (Å²) in [4.78, 5) is 0. The van der Waals surface area contributed by atoms with Crippen molar-refractivity contribution in [3.8, 4) is 0 Å². The molecule has 19 heavy (non-hydrogen) atoms. The highest BCUT2D eigenvalue weighted by Gasteiger charge is 2.44. The van der Waals surface area contributed by atoms with E-state index < -0.39 is 0 Å². The maximum Gasteiger partial charge on any atom is 0.0872 e. The van der Waals surface area contributed by atoms with E-state index in [1.54, 1.807) is 0 Å². The molecule has 2 saturated carbocycles. The van der Waals surface area contributed by atoms with Crippen LogP contribution in [0, 0.1) is 0 Å². The van der Waals surface area contributed by atoms with Crippen molar-refractivity contribution in [2.45, 2.75) is 56.1 Å². The van der Waals surface area contributed by atoms with Crippen LogP contribution in [0.4, 0.5) is 0 Å². The maximum absolute atomic E-state index is 5.83. The molecule has 0 heterocycles. The Morgan fingerprint density at radius 2 is 1.84 bits per heavy atom. The van der Waals surface area contributed by atoms with Crippen molar-refractivity contribution in [1.29, 1.82) is 0 Å². The third-order valence-corrected chi connectivity index (χ3v) is 5.27. The van der Waals surface area contributed by atoms with Gasteiger partial charge in [0.1, 0.15) is 0 Å². The van der Waals surface area contributed by atoms with Gasteiger partial charge in [-0.2, -0.15) is 0 Å². The fraction of sp³-hybridized carbons (Fsp3) is 0.647. The predicted octanol–water partition coefficient (Wildman–Crippen LogP) is 3.78. The third kappa shape index (κ3) is 2.21. The van der Waals surface area contributed by atoms with Gasteiger partial charge in [0, 0.05) is 7.11 Å². The van der Waals surface area contributed by atoms with E-state index in [9.17, 15) is 0 Å². The zero-order valence-corrected chi connectivity index (χ0v) is 12.1. The van der Waals surface area contributed by atoms with Crippen molar-refractivity contribution < 1.29 is 4.74 Å². The Kier molecular flexibility index (Phi) is 3.64. The minimum atomic E-state index is 0.0206. The molecule has 1 aromatic carbocycles. The molecule has 0 bridgehead atoms. The van der Waals surface area contributed by atoms with E-state index in [0.717, 1.165) is 5.92 Å². The SMILES string of the molecule is CNC(c1ccc(C2CCC2)cc1)C1(OC)CCC1. The molecule has 0 spiro atoms. The van der Waals surface area contributed by atoms with Crippen molar-refractivity contribution in [2.24, 2.45) is 0 Å². The molecule has 0 amide bonds. The number of hydrogen-bond acceptors (Lipinski definition) is 2. The number of likely N-dealkylation sites (N-methyl/N-ethyl adjacent to an activating group) is 1. The molecule has 0 radical (unpaired) electrons. The lowest BCUT2D eigenvalue weighted by Gasteiger charge is -2.46. The summed E-state index contributed by atoms with van der Waals surface area (Å²) in [5.74, 6) is 0.821. The number of ether oxygens (including phenoxy) is 1. The Hall–Kier alpha value is -0.860. The van der Waals surface area contributed by atoms with Crippen molar-refractivity contribution in [1.82, 2.24) is 5.32 Å². The van der Waals surface area contributed by atoms with Gasteiger partial charge in [0.2, 0.25) is 0 Å². The van der Waals surface area contributed by atoms with Crippen molar-refractivity contribution in [2.75, 3.05) is 14.2 Å². The first kappa shape index (κ1) is 13.1. The molecular formula is C17H25NO. The van der Waals surface area contributed by atoms with E-state index in [0.29, 0.717) is 6.04 Å². The van der Waals surface area contributed by atoms with Gasteiger partial charge in [-0.15, -0.1) is 0 Å². The fourth-order valence-corrected chi connectivity index (χ4v) is 3.57. The summed E-state index contributed by atoms with van der Waals surface area (Å²) >= 11 is 0. The van der Waals surface area contributed by atoms with Gasteiger partial charge in [-0.25, -0.2) is 0 Å². The van der Waals surface area contributed by atoms with Gasteiger partial charge in [0.15, 0.2) is 0 Å². The van der Waals surface area contributed by atoms with Gasteiger partial charge in [0.25, 0.3) is 0 Å². The predicted molar refractivity (Wildman–Crippen MR) is 78.4 cm³/mol. The van der Waals surface area contributed by atoms with E-state index in [-0.39, 0.29) is 5.60 Å². The zero-order chi connectivity index (χ0) is 13.3. The Labute approximate surface area is 116 Å². The molecule has 1 aromatic rings. The highest BCUT2D eigenvalue weighted by molar-refractivity contribution is 5.30. The Bertz CT molecular complexity index is 412. The van der Waals surface area contributed by atoms with Gasteiger partial charge < -0.3 is 10.1 Å². The molecular weight excluding hydrogens is 234 g/mol. The molecule has 2 nitrogen and oxygen atoms in total. The number of methoxy groups -OCH3 is 1. The number of hydrogen-bond donors (Lipinski definition) is 1. The molecule has 1 N–H and O–H groups in total. The highest BCUT2D eigenvalue weighted by atomic mass is 16.5. The van der Waals surface area contributed by atoms with Crippen LogP contribution in [0.25, 0.3) is 0 Å². The second kappa shape index (κ2) is 5.26. The van der Waals surface area contributed by atoms with Crippen LogP contribution in [-0.4, -0.2) is 19.8 Å². The largest absolute Gasteiger partial charge is 0.376 e. The van der Waals surface area contributed by atoms with Crippen LogP contribution >= 0.6 is 0 Å². The van der Waals surface area contributed by atoms with Crippen LogP contribution in [0.3, 0.4) is 0 Å². The van der Waals surface area contributed by atoms with Crippen LogP contribution < -0.4 is 5.32 Å². The van der Waals surface area contributed by atoms with Crippen molar-refractivity contribution in [3.05, 3.63) is 35.4 Å². The zero-order valence-electron chi connectivity index (χ0n) is 12.1. The quantitative estimate of drug-likeness (QED) is 0.869. The molecule has 2 fully saturated rings. The fourth-order valence-electron chi connectivity index (χ4n) is 3.57. The molecule has 1 unspecified atom stereocenters.